The highest BCUT2D eigenvalue weighted by Crippen LogP contribution is 2.18. The van der Waals surface area contributed by atoms with Gasteiger partial charge < -0.3 is 14.6 Å². The van der Waals surface area contributed by atoms with Crippen LogP contribution in [-0.4, -0.2) is 36.4 Å². The molecule has 0 aromatic carbocycles. The minimum atomic E-state index is -0.774. The highest BCUT2D eigenvalue weighted by atomic mass is 16.6. The van der Waals surface area contributed by atoms with E-state index in [1.807, 2.05) is 0 Å². The first-order valence-corrected chi connectivity index (χ1v) is 36.8. The van der Waals surface area contributed by atoms with E-state index in [1.165, 1.54) is 263 Å². The lowest BCUT2D eigenvalue weighted by atomic mass is 10.0. The topological polar surface area (TPSA) is 72.8 Å². The van der Waals surface area contributed by atoms with E-state index in [4.69, 9.17) is 9.47 Å². The van der Waals surface area contributed by atoms with Gasteiger partial charge in [0.15, 0.2) is 6.10 Å². The molecule has 84 heavy (non-hydrogen) atoms. The summed E-state index contributed by atoms with van der Waals surface area (Å²) in [5.74, 6) is -0.572. The van der Waals surface area contributed by atoms with Crippen molar-refractivity contribution in [2.75, 3.05) is 13.2 Å². The number of esters is 2. The highest BCUT2D eigenvalue weighted by Gasteiger charge is 2.16. The van der Waals surface area contributed by atoms with Gasteiger partial charge in [-0.2, -0.15) is 0 Å². The van der Waals surface area contributed by atoms with Gasteiger partial charge in [-0.1, -0.05) is 361 Å². The summed E-state index contributed by atoms with van der Waals surface area (Å²) in [6.07, 6.45) is 106. The van der Waals surface area contributed by atoms with E-state index in [2.05, 4.69) is 111 Å². The maximum Gasteiger partial charge on any atom is 0.306 e. The second kappa shape index (κ2) is 74.1. The third kappa shape index (κ3) is 71.3. The molecule has 0 saturated heterocycles. The van der Waals surface area contributed by atoms with Crippen LogP contribution in [0.15, 0.2) is 97.2 Å². The van der Waals surface area contributed by atoms with E-state index in [0.29, 0.717) is 12.8 Å². The van der Waals surface area contributed by atoms with E-state index < -0.39 is 6.10 Å². The van der Waals surface area contributed by atoms with Gasteiger partial charge in [0, 0.05) is 12.8 Å². The van der Waals surface area contributed by atoms with Crippen molar-refractivity contribution in [3.8, 4) is 0 Å². The number of hydrogen-bond donors (Lipinski definition) is 1. The minimum absolute atomic E-state index is 0.0630. The summed E-state index contributed by atoms with van der Waals surface area (Å²) in [6.45, 7) is 4.07. The van der Waals surface area contributed by atoms with Crippen LogP contribution in [0.4, 0.5) is 0 Å². The summed E-state index contributed by atoms with van der Waals surface area (Å²) in [5.41, 5.74) is 0. The Hall–Kier alpha value is -3.18. The molecule has 0 aliphatic rings. The molecule has 486 valence electrons. The fourth-order valence-corrected chi connectivity index (χ4v) is 10.9. The molecule has 0 amide bonds. The standard InChI is InChI=1S/C79H140O5/c1-3-5-7-9-11-13-15-17-19-21-23-25-27-29-31-33-34-35-36-37-38-39-40-41-42-43-44-46-48-50-52-54-56-58-60-62-64-66-68-70-72-74-79(82)84-77(75-80)76-83-78(81)73-71-69-67-65-63-61-59-57-55-53-51-49-47-45-32-30-28-26-24-22-20-18-16-14-12-10-8-6-4-2/h5,7,11,13,17,19,22-25,29,31,34-35,37-38,77,80H,3-4,6,8-10,12,14-16,18,20-21,26-28,30,32-33,36,39-76H2,1-2H3/b7-5-,13-11-,19-17-,24-22-,25-23-,31-29-,35-34-,38-37-. The van der Waals surface area contributed by atoms with Gasteiger partial charge in [-0.3, -0.25) is 9.59 Å². The Morgan fingerprint density at radius 1 is 0.286 bits per heavy atom. The smallest absolute Gasteiger partial charge is 0.306 e. The molecule has 0 aliphatic heterocycles. The van der Waals surface area contributed by atoms with Crippen LogP contribution in [0.5, 0.6) is 0 Å². The summed E-state index contributed by atoms with van der Waals surface area (Å²) in [4.78, 5) is 24.7. The fourth-order valence-electron chi connectivity index (χ4n) is 10.9. The monoisotopic (exact) mass is 1170 g/mol. The second-order valence-corrected chi connectivity index (χ2v) is 24.6. The molecule has 0 saturated carbocycles. The minimum Gasteiger partial charge on any atom is -0.462 e. The lowest BCUT2D eigenvalue weighted by Crippen LogP contribution is -2.28. The van der Waals surface area contributed by atoms with Gasteiger partial charge in [0.25, 0.3) is 0 Å². The van der Waals surface area contributed by atoms with Gasteiger partial charge in [0.1, 0.15) is 6.61 Å². The van der Waals surface area contributed by atoms with Crippen molar-refractivity contribution in [3.63, 3.8) is 0 Å². The predicted octanol–water partition coefficient (Wildman–Crippen LogP) is 25.8. The SMILES string of the molecule is CC/C=C\C/C=C\C/C=C\C/C=C\C/C=C\C/C=C\C/C=C\CCCCCCCCCCCCCCCCCCCCCC(=O)OC(CO)COC(=O)CCCCCCCCCCCCCCCCCCC/C=C\CCCCCCCCCC. The van der Waals surface area contributed by atoms with Crippen LogP contribution >= 0.6 is 0 Å². The van der Waals surface area contributed by atoms with Crippen LogP contribution in [0.25, 0.3) is 0 Å². The molecule has 0 heterocycles. The third-order valence-corrected chi connectivity index (χ3v) is 16.4. The average molecular weight is 1170 g/mol. The highest BCUT2D eigenvalue weighted by molar-refractivity contribution is 5.70. The molecule has 0 spiro atoms. The van der Waals surface area contributed by atoms with Crippen molar-refractivity contribution in [1.82, 2.24) is 0 Å². The van der Waals surface area contributed by atoms with E-state index in [-0.39, 0.29) is 25.2 Å². The van der Waals surface area contributed by atoms with Crippen LogP contribution in [0.1, 0.15) is 373 Å². The molecule has 0 rings (SSSR count). The average Bonchev–Trinajstić information content (AvgIpc) is 3.51. The largest absolute Gasteiger partial charge is 0.462 e. The molecule has 5 heteroatoms. The molecule has 0 radical (unpaired) electrons. The lowest BCUT2D eigenvalue weighted by Gasteiger charge is -2.15. The summed E-state index contributed by atoms with van der Waals surface area (Å²) >= 11 is 0. The predicted molar refractivity (Wildman–Crippen MR) is 371 cm³/mol. The van der Waals surface area contributed by atoms with Crippen molar-refractivity contribution in [1.29, 1.82) is 0 Å². The van der Waals surface area contributed by atoms with Gasteiger partial charge >= 0.3 is 11.9 Å². The molecule has 0 aromatic rings. The Labute approximate surface area is 523 Å². The summed E-state index contributed by atoms with van der Waals surface area (Å²) in [7, 11) is 0. The maximum absolute atomic E-state index is 12.4. The fraction of sp³-hybridized carbons (Fsp3) is 0.772. The first-order valence-electron chi connectivity index (χ1n) is 36.8. The number of aliphatic hydroxyl groups is 1. The van der Waals surface area contributed by atoms with E-state index >= 15 is 0 Å². The van der Waals surface area contributed by atoms with Crippen LogP contribution in [-0.2, 0) is 19.1 Å². The van der Waals surface area contributed by atoms with Gasteiger partial charge in [0.2, 0.25) is 0 Å². The molecule has 1 unspecified atom stereocenters. The first kappa shape index (κ1) is 80.8. The second-order valence-electron chi connectivity index (χ2n) is 24.6. The summed E-state index contributed by atoms with van der Waals surface area (Å²) in [5, 5.41) is 9.71. The van der Waals surface area contributed by atoms with Crippen molar-refractivity contribution >= 4 is 11.9 Å². The normalized spacial score (nSPS) is 12.8. The van der Waals surface area contributed by atoms with E-state index in [1.54, 1.807) is 0 Å². The van der Waals surface area contributed by atoms with Crippen LogP contribution in [0, 0.1) is 0 Å². The molecule has 0 bridgehead atoms. The zero-order valence-corrected chi connectivity index (χ0v) is 55.9. The summed E-state index contributed by atoms with van der Waals surface area (Å²) < 4.78 is 10.8. The number of aliphatic hydroxyl groups excluding tert-OH is 1. The molecular weight excluding hydrogens is 1030 g/mol. The Morgan fingerprint density at radius 2 is 0.512 bits per heavy atom. The Kier molecular flexibility index (Phi) is 71.3. The van der Waals surface area contributed by atoms with Crippen molar-refractivity contribution < 1.29 is 24.2 Å². The van der Waals surface area contributed by atoms with Crippen LogP contribution < -0.4 is 0 Å². The van der Waals surface area contributed by atoms with Gasteiger partial charge in [-0.15, -0.1) is 0 Å². The van der Waals surface area contributed by atoms with Crippen molar-refractivity contribution in [3.05, 3.63) is 97.2 Å². The number of unbranched alkanes of at least 4 members (excludes halogenated alkanes) is 44. The number of hydrogen-bond acceptors (Lipinski definition) is 5. The molecule has 0 aliphatic carbocycles. The lowest BCUT2D eigenvalue weighted by molar-refractivity contribution is -0.161. The van der Waals surface area contributed by atoms with Gasteiger partial charge in [-0.05, 0) is 96.3 Å². The molecule has 0 aromatic heterocycles. The quantitative estimate of drug-likeness (QED) is 0.0373. The van der Waals surface area contributed by atoms with Gasteiger partial charge in [0.05, 0.1) is 6.61 Å². The summed E-state index contributed by atoms with van der Waals surface area (Å²) in [6, 6.07) is 0. The number of ether oxygens (including phenoxy) is 2. The van der Waals surface area contributed by atoms with E-state index in [9.17, 15) is 14.7 Å². The van der Waals surface area contributed by atoms with Crippen LogP contribution in [0.2, 0.25) is 0 Å². The van der Waals surface area contributed by atoms with Crippen molar-refractivity contribution in [2.45, 2.75) is 380 Å². The van der Waals surface area contributed by atoms with E-state index in [0.717, 1.165) is 83.5 Å². The number of rotatable bonds is 68. The van der Waals surface area contributed by atoms with Crippen LogP contribution in [0.3, 0.4) is 0 Å². The molecule has 1 N–H and O–H groups in total. The molecule has 1 atom stereocenters. The Bertz CT molecular complexity index is 1560. The van der Waals surface area contributed by atoms with Crippen molar-refractivity contribution in [2.24, 2.45) is 0 Å². The first-order chi connectivity index (χ1) is 41.6. The third-order valence-electron chi connectivity index (χ3n) is 16.4. The zero-order chi connectivity index (χ0) is 60.5. The molecule has 0 fully saturated rings. The molecule has 5 nitrogen and oxygen atoms in total. The number of carbonyl (C=O) groups excluding carboxylic acids is 2. The Morgan fingerprint density at radius 3 is 0.786 bits per heavy atom. The number of carbonyl (C=O) groups is 2. The maximum atomic E-state index is 12.4. The zero-order valence-electron chi connectivity index (χ0n) is 55.9. The molecular formula is C79H140O5. The Balaban J connectivity index is 3.43. The number of allylic oxidation sites excluding steroid dienone is 16. The van der Waals surface area contributed by atoms with Gasteiger partial charge in [-0.25, -0.2) is 0 Å².